The molecule has 102 valence electrons. The number of carbonyl (C=O) groups excluding carboxylic acids is 2. The fourth-order valence-corrected chi connectivity index (χ4v) is 1.86. The lowest BCUT2D eigenvalue weighted by Gasteiger charge is -2.31. The molecule has 0 aromatic heterocycles. The highest BCUT2D eigenvalue weighted by molar-refractivity contribution is 6.35. The molecule has 2 N–H and O–H groups in total. The van der Waals surface area contributed by atoms with Crippen LogP contribution in [0.3, 0.4) is 0 Å². The average molecular weight is 263 g/mol. The van der Waals surface area contributed by atoms with Gasteiger partial charge in [-0.2, -0.15) is 0 Å². The van der Waals surface area contributed by atoms with Crippen molar-refractivity contribution in [1.29, 1.82) is 0 Å². The smallest absolute Gasteiger partial charge is 0.312 e. The van der Waals surface area contributed by atoms with Crippen LogP contribution < -0.4 is 10.5 Å². The van der Waals surface area contributed by atoms with E-state index < -0.39 is 11.8 Å². The van der Waals surface area contributed by atoms with Gasteiger partial charge in [0.05, 0.1) is 12.2 Å². The Hall–Kier alpha value is -2.24. The van der Waals surface area contributed by atoms with Gasteiger partial charge in [-0.05, 0) is 12.1 Å². The van der Waals surface area contributed by atoms with E-state index in [9.17, 15) is 9.59 Å². The number of hydrogen-bond acceptors (Lipinski definition) is 4. The van der Waals surface area contributed by atoms with Crippen molar-refractivity contribution in [3.05, 3.63) is 24.3 Å². The molecular formula is C13H17N3O3. The molecule has 1 aromatic rings. The maximum Gasteiger partial charge on any atom is 0.312 e. The summed E-state index contributed by atoms with van der Waals surface area (Å²) in [7, 11) is 1.62. The van der Waals surface area contributed by atoms with Crippen LogP contribution >= 0.6 is 0 Å². The third kappa shape index (κ3) is 2.96. The van der Waals surface area contributed by atoms with E-state index in [1.54, 1.807) is 19.2 Å². The molecule has 1 saturated heterocycles. The average Bonchev–Trinajstić information content (AvgIpc) is 2.41. The number of piperazine rings is 1. The largest absolute Gasteiger partial charge is 0.490 e. The molecule has 0 saturated carbocycles. The van der Waals surface area contributed by atoms with Gasteiger partial charge in [0.1, 0.15) is 12.4 Å². The Morgan fingerprint density at radius 2 is 1.95 bits per heavy atom. The Morgan fingerprint density at radius 1 is 1.21 bits per heavy atom. The Bertz CT molecular complexity index is 490. The maximum absolute atomic E-state index is 11.7. The van der Waals surface area contributed by atoms with Gasteiger partial charge in [-0.25, -0.2) is 0 Å². The number of amides is 2. The first-order chi connectivity index (χ1) is 9.09. The van der Waals surface area contributed by atoms with Crippen LogP contribution in [0, 0.1) is 0 Å². The molecule has 1 aliphatic heterocycles. The minimum atomic E-state index is -0.474. The van der Waals surface area contributed by atoms with Crippen LogP contribution in [0.5, 0.6) is 5.75 Å². The number of hydrogen-bond donors (Lipinski definition) is 1. The quantitative estimate of drug-likeness (QED) is 0.610. The van der Waals surface area contributed by atoms with E-state index >= 15 is 0 Å². The van der Waals surface area contributed by atoms with Gasteiger partial charge in [0, 0.05) is 20.1 Å². The predicted octanol–water partition coefficient (Wildman–Crippen LogP) is -0.0518. The van der Waals surface area contributed by atoms with Crippen molar-refractivity contribution in [3.63, 3.8) is 0 Å². The van der Waals surface area contributed by atoms with E-state index in [-0.39, 0.29) is 0 Å². The molecule has 6 nitrogen and oxygen atoms in total. The number of nitrogens with two attached hydrogens (primary N) is 1. The number of para-hydroxylation sites is 2. The van der Waals surface area contributed by atoms with Gasteiger partial charge in [-0.15, -0.1) is 0 Å². The van der Waals surface area contributed by atoms with Crippen LogP contribution in [0.2, 0.25) is 0 Å². The first kappa shape index (κ1) is 13.2. The molecular weight excluding hydrogens is 246 g/mol. The van der Waals surface area contributed by atoms with Crippen LogP contribution in [0.25, 0.3) is 0 Å². The number of ether oxygens (including phenoxy) is 1. The van der Waals surface area contributed by atoms with E-state index in [0.29, 0.717) is 37.7 Å². The van der Waals surface area contributed by atoms with Crippen LogP contribution in [-0.2, 0) is 9.59 Å². The third-order valence-electron chi connectivity index (χ3n) is 3.06. The number of nitrogens with zero attached hydrogens (tertiary/aromatic N) is 2. The zero-order valence-electron chi connectivity index (χ0n) is 10.8. The highest BCUT2D eigenvalue weighted by atomic mass is 16.5. The molecule has 2 rings (SSSR count). The zero-order valence-corrected chi connectivity index (χ0v) is 10.8. The molecule has 6 heteroatoms. The number of likely N-dealkylation sites (N-methyl/N-ethyl adjacent to an activating group) is 1. The first-order valence-electron chi connectivity index (χ1n) is 6.11. The third-order valence-corrected chi connectivity index (χ3v) is 3.06. The van der Waals surface area contributed by atoms with E-state index in [1.807, 2.05) is 12.1 Å². The van der Waals surface area contributed by atoms with Crippen molar-refractivity contribution >= 4 is 17.5 Å². The lowest BCUT2D eigenvalue weighted by molar-refractivity contribution is -0.155. The Labute approximate surface area is 111 Å². The van der Waals surface area contributed by atoms with E-state index in [4.69, 9.17) is 10.5 Å². The van der Waals surface area contributed by atoms with Gasteiger partial charge >= 0.3 is 11.8 Å². The fraction of sp³-hybridized carbons (Fsp3) is 0.385. The molecule has 19 heavy (non-hydrogen) atoms. The first-order valence-corrected chi connectivity index (χ1v) is 6.11. The summed E-state index contributed by atoms with van der Waals surface area (Å²) in [6.07, 6.45) is 0. The maximum atomic E-state index is 11.7. The Kier molecular flexibility index (Phi) is 3.89. The molecule has 1 aliphatic rings. The number of anilines is 1. The summed E-state index contributed by atoms with van der Waals surface area (Å²) < 4.78 is 5.51. The topological polar surface area (TPSA) is 75.9 Å². The second-order valence-corrected chi connectivity index (χ2v) is 4.41. The van der Waals surface area contributed by atoms with Gasteiger partial charge in [0.2, 0.25) is 0 Å². The zero-order chi connectivity index (χ0) is 13.8. The van der Waals surface area contributed by atoms with Crippen LogP contribution in [0.15, 0.2) is 24.3 Å². The summed E-state index contributed by atoms with van der Waals surface area (Å²) in [5.74, 6) is -0.348. The summed E-state index contributed by atoms with van der Waals surface area (Å²) in [5, 5.41) is 0. The molecule has 1 heterocycles. The van der Waals surface area contributed by atoms with E-state index in [1.165, 1.54) is 9.80 Å². The molecule has 1 fully saturated rings. The van der Waals surface area contributed by atoms with Gasteiger partial charge in [0.25, 0.3) is 0 Å². The molecule has 0 spiro atoms. The molecule has 2 amide bonds. The van der Waals surface area contributed by atoms with Crippen molar-refractivity contribution in [3.8, 4) is 5.75 Å². The van der Waals surface area contributed by atoms with Crippen molar-refractivity contribution in [2.75, 3.05) is 39.0 Å². The van der Waals surface area contributed by atoms with E-state index in [0.717, 1.165) is 0 Å². The Morgan fingerprint density at radius 3 is 2.68 bits per heavy atom. The Balaban J connectivity index is 1.85. The molecule has 0 aliphatic carbocycles. The summed E-state index contributed by atoms with van der Waals surface area (Å²) in [4.78, 5) is 26.1. The standard InChI is InChI=1S/C13H17N3O3/c1-15-6-7-16(13(18)12(15)17)8-9-19-11-5-3-2-4-10(11)14/h2-5H,6-9,14H2,1H3. The highest BCUT2D eigenvalue weighted by Gasteiger charge is 2.29. The van der Waals surface area contributed by atoms with Crippen LogP contribution in [-0.4, -0.2) is 54.9 Å². The van der Waals surface area contributed by atoms with Crippen molar-refractivity contribution in [2.24, 2.45) is 0 Å². The van der Waals surface area contributed by atoms with Crippen LogP contribution in [0.1, 0.15) is 0 Å². The van der Waals surface area contributed by atoms with E-state index in [2.05, 4.69) is 0 Å². The molecule has 1 aromatic carbocycles. The fourth-order valence-electron chi connectivity index (χ4n) is 1.86. The van der Waals surface area contributed by atoms with Crippen molar-refractivity contribution in [2.45, 2.75) is 0 Å². The SMILES string of the molecule is CN1CCN(CCOc2ccccc2N)C(=O)C1=O. The molecule has 0 atom stereocenters. The second kappa shape index (κ2) is 5.60. The summed E-state index contributed by atoms with van der Waals surface area (Å²) >= 11 is 0. The van der Waals surface area contributed by atoms with Gasteiger partial charge in [-0.3, -0.25) is 9.59 Å². The van der Waals surface area contributed by atoms with Gasteiger partial charge in [-0.1, -0.05) is 12.1 Å². The predicted molar refractivity (Wildman–Crippen MR) is 70.6 cm³/mol. The summed E-state index contributed by atoms with van der Waals surface area (Å²) in [6, 6.07) is 7.17. The highest BCUT2D eigenvalue weighted by Crippen LogP contribution is 2.19. The molecule has 0 unspecified atom stereocenters. The van der Waals surface area contributed by atoms with Gasteiger partial charge in [0.15, 0.2) is 0 Å². The lowest BCUT2D eigenvalue weighted by Crippen LogP contribution is -2.53. The summed E-state index contributed by atoms with van der Waals surface area (Å²) in [6.45, 7) is 1.79. The number of benzene rings is 1. The molecule has 0 bridgehead atoms. The number of carbonyl (C=O) groups is 2. The van der Waals surface area contributed by atoms with Crippen LogP contribution in [0.4, 0.5) is 5.69 Å². The molecule has 0 radical (unpaired) electrons. The summed E-state index contributed by atoms with van der Waals surface area (Å²) in [5.41, 5.74) is 6.30. The normalized spacial score (nSPS) is 15.8. The minimum Gasteiger partial charge on any atom is -0.490 e. The lowest BCUT2D eigenvalue weighted by atomic mass is 10.3. The van der Waals surface area contributed by atoms with Gasteiger partial charge < -0.3 is 20.3 Å². The van der Waals surface area contributed by atoms with Crippen molar-refractivity contribution in [1.82, 2.24) is 9.80 Å². The monoisotopic (exact) mass is 263 g/mol. The minimum absolute atomic E-state index is 0.316. The second-order valence-electron chi connectivity index (χ2n) is 4.41. The number of rotatable bonds is 4. The number of nitrogen functional groups attached to an aromatic ring is 1. The van der Waals surface area contributed by atoms with Crippen molar-refractivity contribution < 1.29 is 14.3 Å².